The summed E-state index contributed by atoms with van der Waals surface area (Å²) in [6.45, 7) is 0. The summed E-state index contributed by atoms with van der Waals surface area (Å²) in [7, 11) is 0. The number of ether oxygens (including phenoxy) is 1. The van der Waals surface area contributed by atoms with E-state index in [0.717, 1.165) is 0 Å². The van der Waals surface area contributed by atoms with E-state index in [2.05, 4.69) is 0 Å². The summed E-state index contributed by atoms with van der Waals surface area (Å²) in [5.74, 6) is -0.00626. The normalized spacial score (nSPS) is 10.8. The molecule has 2 aromatic carbocycles. The molecule has 0 aliphatic carbocycles. The lowest BCUT2D eigenvalue weighted by atomic mass is 10.1. The molecule has 0 aliphatic rings. The van der Waals surface area contributed by atoms with Gasteiger partial charge in [0.25, 0.3) is 0 Å². The first-order valence-electron chi connectivity index (χ1n) is 5.97. The molecule has 0 atom stereocenters. The van der Waals surface area contributed by atoms with Crippen molar-refractivity contribution in [2.24, 2.45) is 0 Å². The Bertz CT molecular complexity index is 713. The lowest BCUT2D eigenvalue weighted by Gasteiger charge is -2.05. The number of halogens is 1. The maximum absolute atomic E-state index is 10.7. The molecular formula is C16H10ClNO3. The number of nitrogens with zero attached hydrogens (tertiary/aromatic N) is 1. The highest BCUT2D eigenvalue weighted by atomic mass is 35.5. The zero-order valence-corrected chi connectivity index (χ0v) is 11.5. The Balaban J connectivity index is 2.14. The number of aliphatic carboxylic acids is 1. The Kier molecular flexibility index (Phi) is 4.60. The molecule has 0 aromatic heterocycles. The van der Waals surface area contributed by atoms with Crippen LogP contribution in [-0.4, -0.2) is 11.1 Å². The van der Waals surface area contributed by atoms with Crippen molar-refractivity contribution in [3.63, 3.8) is 0 Å². The Labute approximate surface area is 126 Å². The van der Waals surface area contributed by atoms with Gasteiger partial charge in [0.15, 0.2) is 0 Å². The fourth-order valence-corrected chi connectivity index (χ4v) is 1.71. The molecule has 4 nitrogen and oxygen atoms in total. The maximum atomic E-state index is 10.7. The van der Waals surface area contributed by atoms with E-state index in [0.29, 0.717) is 22.1 Å². The molecular weight excluding hydrogens is 290 g/mol. The third-order valence-electron chi connectivity index (χ3n) is 2.59. The molecule has 0 amide bonds. The summed E-state index contributed by atoms with van der Waals surface area (Å²) in [6.07, 6.45) is 1.30. The number of carboxylic acids is 1. The van der Waals surface area contributed by atoms with Crippen LogP contribution >= 0.6 is 11.6 Å². The van der Waals surface area contributed by atoms with Crippen molar-refractivity contribution in [1.29, 1.82) is 5.26 Å². The first-order chi connectivity index (χ1) is 10.1. The van der Waals surface area contributed by atoms with E-state index in [-0.39, 0.29) is 5.57 Å². The maximum Gasteiger partial charge on any atom is 0.346 e. The van der Waals surface area contributed by atoms with Gasteiger partial charge in [-0.3, -0.25) is 0 Å². The molecule has 5 heteroatoms. The molecule has 0 saturated heterocycles. The molecule has 0 aliphatic heterocycles. The van der Waals surface area contributed by atoms with Crippen LogP contribution in [0.4, 0.5) is 0 Å². The van der Waals surface area contributed by atoms with Gasteiger partial charge in [0, 0.05) is 5.02 Å². The molecule has 0 saturated carbocycles. The third-order valence-corrected chi connectivity index (χ3v) is 2.84. The van der Waals surface area contributed by atoms with Gasteiger partial charge in [-0.25, -0.2) is 4.79 Å². The molecule has 21 heavy (non-hydrogen) atoms. The summed E-state index contributed by atoms with van der Waals surface area (Å²) in [4.78, 5) is 10.7. The van der Waals surface area contributed by atoms with Gasteiger partial charge in [0.2, 0.25) is 0 Å². The van der Waals surface area contributed by atoms with Gasteiger partial charge in [-0.15, -0.1) is 0 Å². The second-order valence-electron chi connectivity index (χ2n) is 4.10. The topological polar surface area (TPSA) is 70.3 Å². The van der Waals surface area contributed by atoms with Gasteiger partial charge in [-0.2, -0.15) is 5.26 Å². The lowest BCUT2D eigenvalue weighted by molar-refractivity contribution is -0.132. The molecule has 0 bridgehead atoms. The Morgan fingerprint density at radius 2 is 1.62 bits per heavy atom. The van der Waals surface area contributed by atoms with Gasteiger partial charge in [-0.05, 0) is 48.0 Å². The van der Waals surface area contributed by atoms with Crippen LogP contribution in [-0.2, 0) is 4.79 Å². The number of benzene rings is 2. The van der Waals surface area contributed by atoms with Crippen LogP contribution in [0.1, 0.15) is 5.56 Å². The van der Waals surface area contributed by atoms with Gasteiger partial charge in [-0.1, -0.05) is 23.7 Å². The summed E-state index contributed by atoms with van der Waals surface area (Å²) >= 11 is 5.79. The first kappa shape index (κ1) is 14.6. The van der Waals surface area contributed by atoms with Crippen molar-refractivity contribution in [3.8, 4) is 17.6 Å². The Morgan fingerprint density at radius 3 is 2.10 bits per heavy atom. The third kappa shape index (κ3) is 4.10. The minimum absolute atomic E-state index is 0.318. The standard InChI is InChI=1S/C16H10ClNO3/c17-13-3-7-15(8-4-13)21-14-5-1-11(2-6-14)9-12(10-18)16(19)20/h1-9H,(H,19,20)/b12-9+. The molecule has 2 rings (SSSR count). The highest BCUT2D eigenvalue weighted by Crippen LogP contribution is 2.23. The van der Waals surface area contributed by atoms with Crippen molar-refractivity contribution < 1.29 is 14.6 Å². The van der Waals surface area contributed by atoms with Crippen LogP contribution < -0.4 is 4.74 Å². The van der Waals surface area contributed by atoms with E-state index in [1.54, 1.807) is 54.6 Å². The number of rotatable bonds is 4. The largest absolute Gasteiger partial charge is 0.477 e. The van der Waals surface area contributed by atoms with Crippen molar-refractivity contribution in [2.75, 3.05) is 0 Å². The Hall–Kier alpha value is -2.77. The fourth-order valence-electron chi connectivity index (χ4n) is 1.58. The van der Waals surface area contributed by atoms with E-state index < -0.39 is 5.97 Å². The molecule has 0 spiro atoms. The molecule has 1 N–H and O–H groups in total. The lowest BCUT2D eigenvalue weighted by Crippen LogP contribution is -1.97. The van der Waals surface area contributed by atoms with Gasteiger partial charge < -0.3 is 9.84 Å². The summed E-state index contributed by atoms with van der Waals surface area (Å²) in [5, 5.41) is 18.1. The Morgan fingerprint density at radius 1 is 1.10 bits per heavy atom. The van der Waals surface area contributed by atoms with E-state index in [1.807, 2.05) is 0 Å². The van der Waals surface area contributed by atoms with Crippen LogP contribution in [0, 0.1) is 11.3 Å². The highest BCUT2D eigenvalue weighted by Gasteiger charge is 2.05. The number of hydrogen-bond acceptors (Lipinski definition) is 3. The van der Waals surface area contributed by atoms with E-state index in [9.17, 15) is 4.79 Å². The molecule has 0 radical (unpaired) electrons. The average molecular weight is 300 g/mol. The SMILES string of the molecule is N#C/C(=C\c1ccc(Oc2ccc(Cl)cc2)cc1)C(=O)O. The second kappa shape index (κ2) is 6.60. The summed E-state index contributed by atoms with van der Waals surface area (Å²) in [6, 6.07) is 15.3. The van der Waals surface area contributed by atoms with Gasteiger partial charge in [0.1, 0.15) is 23.1 Å². The number of nitriles is 1. The van der Waals surface area contributed by atoms with Crippen LogP contribution in [0.25, 0.3) is 6.08 Å². The molecule has 0 heterocycles. The molecule has 2 aromatic rings. The minimum atomic E-state index is -1.25. The van der Waals surface area contributed by atoms with Crippen molar-refractivity contribution in [1.82, 2.24) is 0 Å². The number of carbonyl (C=O) groups is 1. The average Bonchev–Trinajstić information content (AvgIpc) is 2.48. The quantitative estimate of drug-likeness (QED) is 0.681. The molecule has 0 fully saturated rings. The first-order valence-corrected chi connectivity index (χ1v) is 6.35. The summed E-state index contributed by atoms with van der Waals surface area (Å²) in [5.41, 5.74) is 0.291. The van der Waals surface area contributed by atoms with Crippen molar-refractivity contribution in [3.05, 3.63) is 64.7 Å². The van der Waals surface area contributed by atoms with E-state index in [4.69, 9.17) is 26.7 Å². The van der Waals surface area contributed by atoms with Crippen molar-refractivity contribution in [2.45, 2.75) is 0 Å². The van der Waals surface area contributed by atoms with Crippen molar-refractivity contribution >= 4 is 23.6 Å². The fraction of sp³-hybridized carbons (Fsp3) is 0. The van der Waals surface area contributed by atoms with E-state index in [1.165, 1.54) is 6.08 Å². The van der Waals surface area contributed by atoms with Crippen LogP contribution in [0.15, 0.2) is 54.1 Å². The van der Waals surface area contributed by atoms with Gasteiger partial charge >= 0.3 is 5.97 Å². The molecule has 0 unspecified atom stereocenters. The minimum Gasteiger partial charge on any atom is -0.477 e. The molecule has 104 valence electrons. The monoisotopic (exact) mass is 299 g/mol. The van der Waals surface area contributed by atoms with Crippen LogP contribution in [0.5, 0.6) is 11.5 Å². The van der Waals surface area contributed by atoms with Crippen LogP contribution in [0.2, 0.25) is 5.02 Å². The number of hydrogen-bond donors (Lipinski definition) is 1. The highest BCUT2D eigenvalue weighted by molar-refractivity contribution is 6.30. The smallest absolute Gasteiger partial charge is 0.346 e. The summed E-state index contributed by atoms with van der Waals surface area (Å²) < 4.78 is 5.61. The van der Waals surface area contributed by atoms with E-state index >= 15 is 0 Å². The predicted octanol–water partition coefficient (Wildman–Crippen LogP) is 4.12. The van der Waals surface area contributed by atoms with Crippen LogP contribution in [0.3, 0.4) is 0 Å². The zero-order chi connectivity index (χ0) is 15.2. The predicted molar refractivity (Wildman–Crippen MR) is 79.2 cm³/mol. The number of carboxylic acid groups (broad SMARTS) is 1. The van der Waals surface area contributed by atoms with Gasteiger partial charge in [0.05, 0.1) is 0 Å². The zero-order valence-electron chi connectivity index (χ0n) is 10.8. The second-order valence-corrected chi connectivity index (χ2v) is 4.54.